The fraction of sp³-hybridized carbons (Fsp3) is 0.625. The van der Waals surface area contributed by atoms with Crippen molar-refractivity contribution in [2.24, 2.45) is 0 Å². The van der Waals surface area contributed by atoms with E-state index in [1.807, 2.05) is 0 Å². The monoisotopic (exact) mass is 210 g/mol. The van der Waals surface area contributed by atoms with Crippen LogP contribution in [0.4, 0.5) is 13.2 Å². The van der Waals surface area contributed by atoms with Crippen molar-refractivity contribution in [3.05, 3.63) is 12.2 Å². The number of alkyl halides is 3. The van der Waals surface area contributed by atoms with E-state index in [-0.39, 0.29) is 6.42 Å². The third-order valence-electron chi connectivity index (χ3n) is 1.59. The molecule has 0 spiro atoms. The topological polar surface area (TPSA) is 35.5 Å². The minimum absolute atomic E-state index is 0.249. The molecule has 1 aliphatic heterocycles. The lowest BCUT2D eigenvalue weighted by molar-refractivity contribution is -0.259. The van der Waals surface area contributed by atoms with Crippen molar-refractivity contribution >= 4 is 5.97 Å². The van der Waals surface area contributed by atoms with Crippen molar-refractivity contribution in [1.29, 1.82) is 0 Å². The highest BCUT2D eigenvalue weighted by Crippen LogP contribution is 2.29. The molecule has 1 rings (SSSR count). The maximum atomic E-state index is 12.2. The largest absolute Gasteiger partial charge is 0.432 e. The lowest BCUT2D eigenvalue weighted by Crippen LogP contribution is -2.37. The Labute approximate surface area is 78.5 Å². The van der Waals surface area contributed by atoms with Gasteiger partial charge in [0.15, 0.2) is 6.10 Å². The summed E-state index contributed by atoms with van der Waals surface area (Å²) in [4.78, 5) is 10.5. The van der Waals surface area contributed by atoms with Gasteiger partial charge in [-0.3, -0.25) is 4.79 Å². The molecule has 6 heteroatoms. The van der Waals surface area contributed by atoms with Crippen LogP contribution in [0.5, 0.6) is 0 Å². The highest BCUT2D eigenvalue weighted by atomic mass is 19.4. The van der Waals surface area contributed by atoms with Gasteiger partial charge < -0.3 is 9.47 Å². The van der Waals surface area contributed by atoms with Crippen molar-refractivity contribution in [1.82, 2.24) is 0 Å². The van der Waals surface area contributed by atoms with E-state index in [0.717, 1.165) is 6.92 Å². The molecular weight excluding hydrogens is 201 g/mol. The first-order chi connectivity index (χ1) is 6.39. The Morgan fingerprint density at radius 1 is 1.57 bits per heavy atom. The molecule has 0 saturated carbocycles. The average Bonchev–Trinajstić information content (AvgIpc) is 2.01. The Hall–Kier alpha value is -1.04. The summed E-state index contributed by atoms with van der Waals surface area (Å²) in [5.41, 5.74) is 0. The summed E-state index contributed by atoms with van der Waals surface area (Å²) in [7, 11) is 0. The highest BCUT2D eigenvalue weighted by Gasteiger charge is 2.42. The number of halogens is 3. The van der Waals surface area contributed by atoms with E-state index in [4.69, 9.17) is 0 Å². The Kier molecular flexibility index (Phi) is 3.15. The molecule has 0 aromatic heterocycles. The smallest absolute Gasteiger partial charge is 0.415 e. The molecule has 0 amide bonds. The molecule has 0 saturated heterocycles. The van der Waals surface area contributed by atoms with Gasteiger partial charge >= 0.3 is 12.1 Å². The summed E-state index contributed by atoms with van der Waals surface area (Å²) < 4.78 is 45.4. The lowest BCUT2D eigenvalue weighted by Gasteiger charge is -2.26. The molecule has 2 atom stereocenters. The zero-order valence-electron chi connectivity index (χ0n) is 7.38. The highest BCUT2D eigenvalue weighted by molar-refractivity contribution is 5.66. The van der Waals surface area contributed by atoms with Crippen molar-refractivity contribution < 1.29 is 27.4 Å². The second kappa shape index (κ2) is 4.00. The predicted octanol–water partition coefficient (Wildman–Crippen LogP) is 1.78. The molecule has 0 bridgehead atoms. The molecule has 14 heavy (non-hydrogen) atoms. The van der Waals surface area contributed by atoms with Gasteiger partial charge in [-0.2, -0.15) is 13.2 Å². The maximum absolute atomic E-state index is 12.2. The van der Waals surface area contributed by atoms with Gasteiger partial charge in [0.1, 0.15) is 0 Å². The second-order valence-electron chi connectivity index (χ2n) is 2.81. The third kappa shape index (κ3) is 3.02. The Balaban J connectivity index is 2.56. The first-order valence-corrected chi connectivity index (χ1v) is 3.95. The molecule has 0 aliphatic carbocycles. The number of hydrogen-bond acceptors (Lipinski definition) is 3. The van der Waals surface area contributed by atoms with E-state index < -0.39 is 24.5 Å². The van der Waals surface area contributed by atoms with E-state index in [1.54, 1.807) is 0 Å². The molecule has 1 unspecified atom stereocenters. The van der Waals surface area contributed by atoms with E-state index in [2.05, 4.69) is 9.47 Å². The fourth-order valence-corrected chi connectivity index (χ4v) is 1.02. The first-order valence-electron chi connectivity index (χ1n) is 3.95. The summed E-state index contributed by atoms with van der Waals surface area (Å²) in [5.74, 6) is -0.678. The lowest BCUT2D eigenvalue weighted by atomic mass is 10.2. The summed E-state index contributed by atoms with van der Waals surface area (Å²) in [6.07, 6.45) is -5.23. The third-order valence-corrected chi connectivity index (χ3v) is 1.59. The molecule has 1 aliphatic rings. The minimum Gasteiger partial charge on any atom is -0.432 e. The van der Waals surface area contributed by atoms with Crippen LogP contribution in [-0.2, 0) is 14.3 Å². The SMILES string of the molecule is CC(=O)OC1C=CC[C@H](C(F)(F)F)O1. The summed E-state index contributed by atoms with van der Waals surface area (Å²) in [6.45, 7) is 1.11. The Morgan fingerprint density at radius 3 is 2.71 bits per heavy atom. The molecule has 0 aromatic rings. The molecular formula is C8H9F3O3. The van der Waals surface area contributed by atoms with Crippen LogP contribution in [0.15, 0.2) is 12.2 Å². The Morgan fingerprint density at radius 2 is 2.21 bits per heavy atom. The van der Waals surface area contributed by atoms with Crippen LogP contribution in [-0.4, -0.2) is 24.5 Å². The van der Waals surface area contributed by atoms with Gasteiger partial charge in [0.05, 0.1) is 0 Å². The molecule has 1 heterocycles. The van der Waals surface area contributed by atoms with Crippen LogP contribution < -0.4 is 0 Å². The molecule has 80 valence electrons. The van der Waals surface area contributed by atoms with Gasteiger partial charge in [-0.25, -0.2) is 0 Å². The van der Waals surface area contributed by atoms with E-state index in [1.165, 1.54) is 12.2 Å². The standard InChI is InChI=1S/C8H9F3O3/c1-5(12)13-7-4-2-3-6(14-7)8(9,10)11/h2,4,6-7H,3H2,1H3/t6-,7?/m1/s1. The molecule has 0 fully saturated rings. The normalized spacial score (nSPS) is 27.4. The van der Waals surface area contributed by atoms with Crippen LogP contribution in [0, 0.1) is 0 Å². The number of carbonyl (C=O) groups is 1. The molecule has 3 nitrogen and oxygen atoms in total. The van der Waals surface area contributed by atoms with Crippen LogP contribution in [0.1, 0.15) is 13.3 Å². The molecule has 0 radical (unpaired) electrons. The quantitative estimate of drug-likeness (QED) is 0.489. The van der Waals surface area contributed by atoms with Crippen molar-refractivity contribution in [2.75, 3.05) is 0 Å². The van der Waals surface area contributed by atoms with Crippen molar-refractivity contribution in [2.45, 2.75) is 31.9 Å². The first kappa shape index (κ1) is 11.0. The maximum Gasteiger partial charge on any atom is 0.415 e. The predicted molar refractivity (Wildman–Crippen MR) is 40.2 cm³/mol. The zero-order chi connectivity index (χ0) is 10.8. The van der Waals surface area contributed by atoms with Crippen LogP contribution in [0.25, 0.3) is 0 Å². The fourth-order valence-electron chi connectivity index (χ4n) is 1.02. The second-order valence-corrected chi connectivity index (χ2v) is 2.81. The number of ether oxygens (including phenoxy) is 2. The molecule has 0 N–H and O–H groups in total. The van der Waals surface area contributed by atoms with Gasteiger partial charge in [0.2, 0.25) is 6.29 Å². The number of carbonyl (C=O) groups excluding carboxylic acids is 1. The van der Waals surface area contributed by atoms with Gasteiger partial charge in [0, 0.05) is 13.3 Å². The van der Waals surface area contributed by atoms with Crippen molar-refractivity contribution in [3.8, 4) is 0 Å². The van der Waals surface area contributed by atoms with Crippen LogP contribution in [0.3, 0.4) is 0 Å². The van der Waals surface area contributed by atoms with Crippen LogP contribution >= 0.6 is 0 Å². The summed E-state index contributed by atoms with van der Waals surface area (Å²) >= 11 is 0. The van der Waals surface area contributed by atoms with Crippen molar-refractivity contribution in [3.63, 3.8) is 0 Å². The van der Waals surface area contributed by atoms with Gasteiger partial charge in [-0.05, 0) is 6.08 Å². The molecule has 0 aromatic carbocycles. The van der Waals surface area contributed by atoms with E-state index >= 15 is 0 Å². The zero-order valence-corrected chi connectivity index (χ0v) is 7.38. The number of rotatable bonds is 1. The van der Waals surface area contributed by atoms with E-state index in [9.17, 15) is 18.0 Å². The number of hydrogen-bond donors (Lipinski definition) is 0. The van der Waals surface area contributed by atoms with Gasteiger partial charge in [-0.1, -0.05) is 6.08 Å². The minimum atomic E-state index is -4.43. The van der Waals surface area contributed by atoms with E-state index in [0.29, 0.717) is 0 Å². The summed E-state index contributed by atoms with van der Waals surface area (Å²) in [5, 5.41) is 0. The van der Waals surface area contributed by atoms with Gasteiger partial charge in [0.25, 0.3) is 0 Å². The Bertz CT molecular complexity index is 247. The summed E-state index contributed by atoms with van der Waals surface area (Å²) in [6, 6.07) is 0. The number of esters is 1. The average molecular weight is 210 g/mol. The van der Waals surface area contributed by atoms with Gasteiger partial charge in [-0.15, -0.1) is 0 Å². The van der Waals surface area contributed by atoms with Crippen LogP contribution in [0.2, 0.25) is 0 Å².